The number of halogens is 5. The van der Waals surface area contributed by atoms with Gasteiger partial charge in [-0.15, -0.1) is 0 Å². The second-order valence-electron chi connectivity index (χ2n) is 19.5. The minimum absolute atomic E-state index is 0.0797. The number of nitrogens with one attached hydrogen (secondary N) is 2. The molecule has 26 heteroatoms. The molecule has 0 saturated carbocycles. The van der Waals surface area contributed by atoms with Gasteiger partial charge in [0.2, 0.25) is 20.0 Å². The van der Waals surface area contributed by atoms with Crippen LogP contribution in [0.5, 0.6) is 11.5 Å². The third kappa shape index (κ3) is 20.6. The molecule has 81 heavy (non-hydrogen) atoms. The summed E-state index contributed by atoms with van der Waals surface area (Å²) in [5, 5.41) is 2.50. The van der Waals surface area contributed by atoms with E-state index < -0.39 is 80.3 Å². The van der Waals surface area contributed by atoms with E-state index in [2.05, 4.69) is 10.0 Å². The van der Waals surface area contributed by atoms with Crippen molar-refractivity contribution >= 4 is 84.8 Å². The topological polar surface area (TPSA) is 235 Å². The maximum absolute atomic E-state index is 13.6. The fraction of sp³-hybridized carbons (Fsp3) is 0.309. The van der Waals surface area contributed by atoms with E-state index in [1.54, 1.807) is 103 Å². The number of ether oxygens (including phenoxy) is 4. The van der Waals surface area contributed by atoms with Gasteiger partial charge < -0.3 is 24.3 Å². The number of carbonyl (C=O) groups is 2. The van der Waals surface area contributed by atoms with Crippen LogP contribution in [0.3, 0.4) is 0 Å². The van der Waals surface area contributed by atoms with E-state index in [0.29, 0.717) is 40.1 Å². The van der Waals surface area contributed by atoms with Gasteiger partial charge in [-0.05, 0) is 163 Å². The van der Waals surface area contributed by atoms with Crippen molar-refractivity contribution in [2.75, 3.05) is 40.1 Å². The lowest BCUT2D eigenvalue weighted by molar-refractivity contribution is -0.158. The van der Waals surface area contributed by atoms with Crippen LogP contribution in [-0.2, 0) is 71.1 Å². The van der Waals surface area contributed by atoms with Gasteiger partial charge in [-0.1, -0.05) is 66.5 Å². The quantitative estimate of drug-likeness (QED) is 0.0567. The normalized spacial score (nSPS) is 12.1. The Labute approximate surface area is 487 Å². The van der Waals surface area contributed by atoms with Crippen molar-refractivity contribution in [2.24, 2.45) is 0 Å². The van der Waals surface area contributed by atoms with Crippen molar-refractivity contribution in [1.82, 2.24) is 14.3 Å². The SMILES string of the molecule is CCS(=O)(=O)c1cccc(-c2cc(CN(C)S(=O)(=O)c3ccc(F)c(Cl)c3)ccc2OCC(=O)OC(C)(C)C)c1.CNCc1ccc(OCC(=O)OC(C)(C)C)c(-c2cccc(S(=O)(=O)NC)c2)c1.O=S(=O)(Cl)c1ccc(F)c(Cl)c1. The lowest BCUT2D eigenvalue weighted by atomic mass is 10.0. The molecule has 6 rings (SSSR count). The van der Waals surface area contributed by atoms with Crippen LogP contribution in [-0.4, -0.2) is 101 Å². The first-order valence-electron chi connectivity index (χ1n) is 24.3. The van der Waals surface area contributed by atoms with Gasteiger partial charge in [-0.2, -0.15) is 4.31 Å². The molecule has 17 nitrogen and oxygen atoms in total. The van der Waals surface area contributed by atoms with Gasteiger partial charge in [0, 0.05) is 41.9 Å². The fourth-order valence-electron chi connectivity index (χ4n) is 7.05. The number of hydrogen-bond acceptors (Lipinski definition) is 15. The van der Waals surface area contributed by atoms with E-state index in [1.807, 2.05) is 19.2 Å². The molecule has 0 aliphatic carbocycles. The van der Waals surface area contributed by atoms with Crippen LogP contribution in [0.4, 0.5) is 8.78 Å². The van der Waals surface area contributed by atoms with Crippen molar-refractivity contribution in [2.45, 2.75) is 92.3 Å². The molecule has 6 aromatic rings. The maximum atomic E-state index is 13.6. The standard InChI is InChI=1S/C28H31ClFNO7S2.C21H28N2O5S.C6H3Cl2FO2S/c1-6-39(33,34)21-9-7-8-20(15-21)23-14-19(10-13-26(23)37-18-27(32)38-28(2,3)4)17-31(5)40(35,36)22-11-12-25(30)24(29)16-22;1-21(2,3)28-20(24)14-27-19-10-9-15(13-22-4)11-18(19)16-7-6-8-17(12-16)29(25,26)23-5;7-5-3-4(12(8,10)11)1-2-6(5)9/h7-16H,6,17-18H2,1-5H3;6-12,22-23H,13-14H2,1-5H3;1-3H. The van der Waals surface area contributed by atoms with Gasteiger partial charge >= 0.3 is 11.9 Å². The summed E-state index contributed by atoms with van der Waals surface area (Å²) >= 11 is 11.1. The van der Waals surface area contributed by atoms with E-state index in [4.69, 9.17) is 52.8 Å². The average Bonchev–Trinajstić information content (AvgIpc) is 3.40. The first-order valence-corrected chi connectivity index (χ1v) is 31.9. The molecule has 0 unspecified atom stereocenters. The van der Waals surface area contributed by atoms with Crippen molar-refractivity contribution in [3.05, 3.63) is 154 Å². The highest BCUT2D eigenvalue weighted by Crippen LogP contribution is 2.35. The summed E-state index contributed by atoms with van der Waals surface area (Å²) in [5.41, 5.74) is 2.53. The molecular weight excluding hydrogens is 1200 g/mol. The molecule has 0 amide bonds. The number of carbonyl (C=O) groups excluding carboxylic acids is 2. The molecule has 0 aromatic heterocycles. The van der Waals surface area contributed by atoms with Gasteiger partial charge in [0.1, 0.15) is 34.3 Å². The Morgan fingerprint density at radius 2 is 1.02 bits per heavy atom. The second-order valence-corrected chi connectivity index (χ2v) is 29.0. The lowest BCUT2D eigenvalue weighted by Crippen LogP contribution is -2.27. The van der Waals surface area contributed by atoms with Crippen molar-refractivity contribution < 1.29 is 71.0 Å². The number of nitrogens with zero attached hydrogens (tertiary/aromatic N) is 1. The summed E-state index contributed by atoms with van der Waals surface area (Å²) in [6.45, 7) is 12.0. The Kier molecular flexibility index (Phi) is 23.9. The summed E-state index contributed by atoms with van der Waals surface area (Å²) in [7, 11) is -5.39. The van der Waals surface area contributed by atoms with Crippen molar-refractivity contribution in [3.8, 4) is 33.8 Å². The van der Waals surface area contributed by atoms with Crippen molar-refractivity contribution in [3.63, 3.8) is 0 Å². The molecule has 0 heterocycles. The van der Waals surface area contributed by atoms with E-state index in [0.717, 1.165) is 46.3 Å². The fourth-order valence-corrected chi connectivity index (χ4v) is 11.2. The van der Waals surface area contributed by atoms with Crippen LogP contribution in [0.2, 0.25) is 10.0 Å². The van der Waals surface area contributed by atoms with Crippen molar-refractivity contribution in [1.29, 1.82) is 0 Å². The zero-order valence-corrected chi connectivity index (χ0v) is 51.3. The van der Waals surface area contributed by atoms with E-state index in [1.165, 1.54) is 32.3 Å². The molecule has 0 saturated heterocycles. The maximum Gasteiger partial charge on any atom is 0.344 e. The van der Waals surface area contributed by atoms with Crippen LogP contribution < -0.4 is 19.5 Å². The number of rotatable bonds is 19. The molecule has 0 atom stereocenters. The first-order chi connectivity index (χ1) is 37.5. The van der Waals surface area contributed by atoms with Crippen LogP contribution in [0, 0.1) is 11.6 Å². The van der Waals surface area contributed by atoms with Gasteiger partial charge in [0.25, 0.3) is 9.05 Å². The minimum Gasteiger partial charge on any atom is -0.481 e. The lowest BCUT2D eigenvalue weighted by Gasteiger charge is -2.21. The molecule has 0 bridgehead atoms. The Bertz CT molecular complexity index is 3690. The molecule has 0 spiro atoms. The van der Waals surface area contributed by atoms with E-state index >= 15 is 0 Å². The van der Waals surface area contributed by atoms with E-state index in [9.17, 15) is 52.0 Å². The van der Waals surface area contributed by atoms with Crippen LogP contribution >= 0.6 is 33.9 Å². The van der Waals surface area contributed by atoms with E-state index in [-0.39, 0.29) is 54.3 Å². The molecule has 2 N–H and O–H groups in total. The highest BCUT2D eigenvalue weighted by atomic mass is 35.7. The number of esters is 2. The Morgan fingerprint density at radius 3 is 1.47 bits per heavy atom. The molecule has 0 radical (unpaired) electrons. The Morgan fingerprint density at radius 1 is 0.580 bits per heavy atom. The number of hydrogen-bond donors (Lipinski definition) is 2. The average molecular weight is 1260 g/mol. The predicted octanol–water partition coefficient (Wildman–Crippen LogP) is 10.6. The second kappa shape index (κ2) is 28.5. The van der Waals surface area contributed by atoms with Gasteiger partial charge in [-0.3, -0.25) is 0 Å². The molecule has 0 fully saturated rings. The molecule has 6 aromatic carbocycles. The summed E-state index contributed by atoms with van der Waals surface area (Å²) < 4.78 is 149. The smallest absolute Gasteiger partial charge is 0.344 e. The Balaban J connectivity index is 0.000000298. The minimum atomic E-state index is -4.02. The van der Waals surface area contributed by atoms with Gasteiger partial charge in [0.15, 0.2) is 23.1 Å². The molecular formula is C55H62Cl3F2N3O14S4. The number of sulfonamides is 2. The zero-order chi connectivity index (χ0) is 60.9. The largest absolute Gasteiger partial charge is 0.481 e. The first kappa shape index (κ1) is 67.8. The highest BCUT2D eigenvalue weighted by molar-refractivity contribution is 8.13. The summed E-state index contributed by atoms with van der Waals surface area (Å²) in [4.78, 5) is 24.2. The van der Waals surface area contributed by atoms with Crippen LogP contribution in [0.25, 0.3) is 22.3 Å². The molecule has 0 aliphatic rings. The number of sulfone groups is 1. The Hall–Kier alpha value is -5.73. The molecule has 440 valence electrons. The van der Waals surface area contributed by atoms with Gasteiger partial charge in [-0.25, -0.2) is 56.8 Å². The van der Waals surface area contributed by atoms with Gasteiger partial charge in [0.05, 0.1) is 35.4 Å². The zero-order valence-electron chi connectivity index (χ0n) is 45.8. The predicted molar refractivity (Wildman–Crippen MR) is 308 cm³/mol. The molecule has 0 aliphatic heterocycles. The van der Waals surface area contributed by atoms with Crippen LogP contribution in [0.1, 0.15) is 59.6 Å². The summed E-state index contributed by atoms with van der Waals surface area (Å²) in [6.07, 6.45) is 0. The highest BCUT2D eigenvalue weighted by Gasteiger charge is 2.25. The third-order valence-corrected chi connectivity index (χ3v) is 17.7. The summed E-state index contributed by atoms with van der Waals surface area (Å²) in [5.74, 6) is -1.83. The summed E-state index contributed by atoms with van der Waals surface area (Å²) in [6, 6.07) is 29.4. The number of benzene rings is 6. The van der Waals surface area contributed by atoms with Crippen LogP contribution in [0.15, 0.2) is 141 Å². The monoisotopic (exact) mass is 1260 g/mol. The third-order valence-electron chi connectivity index (χ3n) is 10.8.